The van der Waals surface area contributed by atoms with Gasteiger partial charge >= 0.3 is 5.76 Å². The molecule has 0 amide bonds. The number of hydrogen-bond acceptors (Lipinski definition) is 3. The first kappa shape index (κ1) is 10.4. The molecule has 0 aliphatic rings. The molecule has 2 aromatic rings. The van der Waals surface area contributed by atoms with Crippen LogP contribution in [0.15, 0.2) is 27.4 Å². The molecule has 2 atom stereocenters. The molecule has 0 radical (unpaired) electrons. The second kappa shape index (κ2) is 3.83. The van der Waals surface area contributed by atoms with Crippen LogP contribution in [0.5, 0.6) is 0 Å². The van der Waals surface area contributed by atoms with Gasteiger partial charge in [0.1, 0.15) is 0 Å². The molecule has 1 aromatic heterocycles. The zero-order chi connectivity index (χ0) is 11.0. The molecule has 2 unspecified atom stereocenters. The van der Waals surface area contributed by atoms with Gasteiger partial charge in [-0.25, -0.2) is 4.79 Å². The number of aromatic nitrogens is 1. The Balaban J connectivity index is 2.50. The highest BCUT2D eigenvalue weighted by atomic mass is 79.9. The van der Waals surface area contributed by atoms with Gasteiger partial charge in [-0.15, -0.1) is 0 Å². The number of rotatable bonds is 2. The summed E-state index contributed by atoms with van der Waals surface area (Å²) in [5.41, 5.74) is 1.82. The number of aliphatic hydroxyl groups is 1. The number of nitrogens with one attached hydrogen (secondary N) is 1. The van der Waals surface area contributed by atoms with E-state index in [-0.39, 0.29) is 4.83 Å². The van der Waals surface area contributed by atoms with E-state index in [0.717, 1.165) is 5.56 Å². The zero-order valence-corrected chi connectivity index (χ0v) is 9.61. The Morgan fingerprint density at radius 3 is 2.93 bits per heavy atom. The lowest BCUT2D eigenvalue weighted by Crippen LogP contribution is -2.07. The molecule has 2 rings (SSSR count). The molecule has 4 nitrogen and oxygen atoms in total. The van der Waals surface area contributed by atoms with Crippen molar-refractivity contribution < 1.29 is 9.52 Å². The molecule has 5 heteroatoms. The minimum atomic E-state index is -0.616. The maximum absolute atomic E-state index is 10.9. The predicted octanol–water partition coefficient (Wildman–Crippen LogP) is 1.94. The molecule has 0 bridgehead atoms. The summed E-state index contributed by atoms with van der Waals surface area (Å²) in [4.78, 5) is 13.4. The second-order valence-electron chi connectivity index (χ2n) is 3.39. The Hall–Kier alpha value is -1.07. The first-order chi connectivity index (χ1) is 7.08. The number of aromatic amines is 1. The topological polar surface area (TPSA) is 66.2 Å². The van der Waals surface area contributed by atoms with Crippen LogP contribution in [-0.2, 0) is 0 Å². The van der Waals surface area contributed by atoms with E-state index in [9.17, 15) is 9.90 Å². The van der Waals surface area contributed by atoms with Crippen molar-refractivity contribution in [2.45, 2.75) is 17.9 Å². The number of aliphatic hydroxyl groups excluding tert-OH is 1. The third-order valence-electron chi connectivity index (χ3n) is 2.22. The van der Waals surface area contributed by atoms with Crippen LogP contribution in [-0.4, -0.2) is 14.9 Å². The van der Waals surface area contributed by atoms with E-state index in [2.05, 4.69) is 20.9 Å². The fraction of sp³-hybridized carbons (Fsp3) is 0.300. The van der Waals surface area contributed by atoms with E-state index in [1.807, 2.05) is 6.92 Å². The largest absolute Gasteiger partial charge is 0.417 e. The maximum atomic E-state index is 10.9. The molecule has 0 fully saturated rings. The van der Waals surface area contributed by atoms with Crippen LogP contribution >= 0.6 is 15.9 Å². The van der Waals surface area contributed by atoms with E-state index in [1.165, 1.54) is 0 Å². The Morgan fingerprint density at radius 2 is 2.27 bits per heavy atom. The lowest BCUT2D eigenvalue weighted by Gasteiger charge is -2.12. The van der Waals surface area contributed by atoms with Crippen LogP contribution in [0, 0.1) is 0 Å². The third-order valence-corrected chi connectivity index (χ3v) is 2.72. The average Bonchev–Trinajstić information content (AvgIpc) is 2.55. The Kier molecular flexibility index (Phi) is 2.67. The summed E-state index contributed by atoms with van der Waals surface area (Å²) in [6.07, 6.45) is -0.616. The summed E-state index contributed by atoms with van der Waals surface area (Å²) >= 11 is 3.30. The van der Waals surface area contributed by atoms with E-state index < -0.39 is 11.9 Å². The summed E-state index contributed by atoms with van der Waals surface area (Å²) in [6, 6.07) is 5.14. The summed E-state index contributed by atoms with van der Waals surface area (Å²) in [7, 11) is 0. The van der Waals surface area contributed by atoms with Gasteiger partial charge in [0, 0.05) is 4.83 Å². The number of fused-ring (bicyclic) bond motifs is 1. The van der Waals surface area contributed by atoms with E-state index in [0.29, 0.717) is 11.1 Å². The molecule has 0 aliphatic carbocycles. The summed E-state index contributed by atoms with van der Waals surface area (Å²) in [5, 5.41) is 9.79. The minimum Gasteiger partial charge on any atom is -0.408 e. The van der Waals surface area contributed by atoms with Crippen LogP contribution in [0.4, 0.5) is 0 Å². The van der Waals surface area contributed by atoms with Crippen molar-refractivity contribution in [2.24, 2.45) is 0 Å². The van der Waals surface area contributed by atoms with Crippen LogP contribution in [0.3, 0.4) is 0 Å². The Bertz CT molecular complexity index is 529. The molecule has 0 saturated carbocycles. The van der Waals surface area contributed by atoms with Crippen LogP contribution < -0.4 is 5.76 Å². The maximum Gasteiger partial charge on any atom is 0.417 e. The molecular formula is C10H10BrNO3. The highest BCUT2D eigenvalue weighted by Gasteiger charge is 2.14. The molecule has 0 spiro atoms. The fourth-order valence-corrected chi connectivity index (χ4v) is 1.72. The van der Waals surface area contributed by atoms with Gasteiger partial charge in [0.15, 0.2) is 5.58 Å². The van der Waals surface area contributed by atoms with Crippen molar-refractivity contribution in [3.63, 3.8) is 0 Å². The summed E-state index contributed by atoms with van der Waals surface area (Å²) in [5.74, 6) is -0.483. The number of alkyl halides is 1. The Labute approximate surface area is 94.0 Å². The minimum absolute atomic E-state index is 0.0550. The van der Waals surface area contributed by atoms with Gasteiger partial charge in [0.05, 0.1) is 11.6 Å². The fourth-order valence-electron chi connectivity index (χ4n) is 1.41. The highest BCUT2D eigenvalue weighted by Crippen LogP contribution is 2.24. The van der Waals surface area contributed by atoms with Crippen molar-refractivity contribution in [1.29, 1.82) is 0 Å². The normalized spacial score (nSPS) is 15.4. The third kappa shape index (κ3) is 1.98. The molecule has 15 heavy (non-hydrogen) atoms. The van der Waals surface area contributed by atoms with Gasteiger partial charge in [-0.1, -0.05) is 22.0 Å². The standard InChI is InChI=1S/C10H10BrNO3/c1-5(11)9(13)6-2-3-7-8(4-6)15-10(14)12-7/h2-5,9,13H,1H3,(H,12,14). The quantitative estimate of drug-likeness (QED) is 0.821. The number of oxazole rings is 1. The highest BCUT2D eigenvalue weighted by molar-refractivity contribution is 9.09. The average molecular weight is 272 g/mol. The van der Waals surface area contributed by atoms with Gasteiger partial charge < -0.3 is 9.52 Å². The van der Waals surface area contributed by atoms with Crippen LogP contribution in [0.1, 0.15) is 18.6 Å². The summed E-state index contributed by atoms with van der Waals surface area (Å²) in [6.45, 7) is 1.85. The lowest BCUT2D eigenvalue weighted by molar-refractivity contribution is 0.181. The number of benzene rings is 1. The number of halogens is 1. The van der Waals surface area contributed by atoms with E-state index in [4.69, 9.17) is 4.42 Å². The van der Waals surface area contributed by atoms with Crippen LogP contribution in [0.2, 0.25) is 0 Å². The first-order valence-electron chi connectivity index (χ1n) is 4.53. The molecule has 1 aromatic carbocycles. The number of H-pyrrole nitrogens is 1. The van der Waals surface area contributed by atoms with Gasteiger partial charge in [-0.2, -0.15) is 0 Å². The lowest BCUT2D eigenvalue weighted by atomic mass is 10.1. The number of hydrogen-bond donors (Lipinski definition) is 2. The van der Waals surface area contributed by atoms with Gasteiger partial charge in [-0.05, 0) is 24.6 Å². The molecule has 80 valence electrons. The predicted molar refractivity (Wildman–Crippen MR) is 60.2 cm³/mol. The van der Waals surface area contributed by atoms with Crippen LogP contribution in [0.25, 0.3) is 11.1 Å². The molecule has 0 saturated heterocycles. The zero-order valence-electron chi connectivity index (χ0n) is 8.03. The Morgan fingerprint density at radius 1 is 1.53 bits per heavy atom. The molecular weight excluding hydrogens is 262 g/mol. The van der Waals surface area contributed by atoms with E-state index in [1.54, 1.807) is 18.2 Å². The smallest absolute Gasteiger partial charge is 0.408 e. The van der Waals surface area contributed by atoms with Crippen molar-refractivity contribution >= 4 is 27.0 Å². The monoisotopic (exact) mass is 271 g/mol. The molecule has 0 aliphatic heterocycles. The summed E-state index contributed by atoms with van der Waals surface area (Å²) < 4.78 is 4.90. The van der Waals surface area contributed by atoms with Gasteiger partial charge in [0.2, 0.25) is 0 Å². The van der Waals surface area contributed by atoms with Gasteiger partial charge in [-0.3, -0.25) is 4.98 Å². The SMILES string of the molecule is CC(Br)C(O)c1ccc2[nH]c(=O)oc2c1. The first-order valence-corrected chi connectivity index (χ1v) is 5.44. The van der Waals surface area contributed by atoms with Crippen molar-refractivity contribution in [2.75, 3.05) is 0 Å². The van der Waals surface area contributed by atoms with Gasteiger partial charge in [0.25, 0.3) is 0 Å². The van der Waals surface area contributed by atoms with E-state index >= 15 is 0 Å². The molecule has 1 heterocycles. The van der Waals surface area contributed by atoms with Crippen molar-refractivity contribution in [1.82, 2.24) is 4.98 Å². The molecule has 2 N–H and O–H groups in total. The van der Waals surface area contributed by atoms with Crippen molar-refractivity contribution in [3.8, 4) is 0 Å². The second-order valence-corrected chi connectivity index (χ2v) is 4.84. The van der Waals surface area contributed by atoms with Crippen molar-refractivity contribution in [3.05, 3.63) is 34.3 Å².